The van der Waals surface area contributed by atoms with Crippen molar-refractivity contribution in [3.8, 4) is 16.3 Å². The number of ether oxygens (including phenoxy) is 1. The molecule has 2 aromatic rings. The lowest BCUT2D eigenvalue weighted by molar-refractivity contribution is 0.0916. The number of rotatable bonds is 6. The van der Waals surface area contributed by atoms with Crippen molar-refractivity contribution in [1.82, 2.24) is 15.2 Å². The predicted octanol–water partition coefficient (Wildman–Crippen LogP) is 3.73. The van der Waals surface area contributed by atoms with Crippen molar-refractivity contribution in [3.05, 3.63) is 34.8 Å². The third kappa shape index (κ3) is 4.43. The van der Waals surface area contributed by atoms with E-state index in [1.807, 2.05) is 38.1 Å². The summed E-state index contributed by atoms with van der Waals surface area (Å²) in [6.45, 7) is 9.90. The van der Waals surface area contributed by atoms with Crippen LogP contribution in [0, 0.1) is 6.92 Å². The third-order valence-corrected chi connectivity index (χ3v) is 5.99. The Morgan fingerprint density at radius 3 is 2.58 bits per heavy atom. The fourth-order valence-corrected chi connectivity index (χ4v) is 4.21. The summed E-state index contributed by atoms with van der Waals surface area (Å²) in [5.74, 6) is 0.855. The standard InChI is InChI=1S/C20H27N3O2S/c1-4-23-12-10-16(11-13-23)22-19(24)18-14(3)21-20(26-18)15-6-8-17(9-7-15)25-5-2/h6-9,16H,4-5,10-13H2,1-3H3,(H,22,24). The number of aryl methyl sites for hydroxylation is 1. The molecule has 5 nitrogen and oxygen atoms in total. The Morgan fingerprint density at radius 1 is 1.27 bits per heavy atom. The minimum absolute atomic E-state index is 0.00661. The maximum Gasteiger partial charge on any atom is 0.263 e. The number of piperidine rings is 1. The topological polar surface area (TPSA) is 54.5 Å². The summed E-state index contributed by atoms with van der Waals surface area (Å²) in [5, 5.41) is 4.07. The zero-order valence-electron chi connectivity index (χ0n) is 15.7. The molecule has 1 saturated heterocycles. The number of carbonyl (C=O) groups is 1. The molecule has 3 rings (SSSR count). The predicted molar refractivity (Wildman–Crippen MR) is 106 cm³/mol. The van der Waals surface area contributed by atoms with Crippen molar-refractivity contribution >= 4 is 17.2 Å². The van der Waals surface area contributed by atoms with Crippen LogP contribution in [-0.2, 0) is 0 Å². The molecule has 1 aliphatic heterocycles. The fraction of sp³-hybridized carbons (Fsp3) is 0.500. The Balaban J connectivity index is 1.66. The van der Waals surface area contributed by atoms with E-state index in [9.17, 15) is 4.79 Å². The molecule has 1 fully saturated rings. The van der Waals surface area contributed by atoms with Crippen LogP contribution >= 0.6 is 11.3 Å². The highest BCUT2D eigenvalue weighted by Gasteiger charge is 2.22. The van der Waals surface area contributed by atoms with Gasteiger partial charge in [-0.1, -0.05) is 6.92 Å². The van der Waals surface area contributed by atoms with E-state index in [4.69, 9.17) is 4.74 Å². The van der Waals surface area contributed by atoms with Gasteiger partial charge >= 0.3 is 0 Å². The van der Waals surface area contributed by atoms with Crippen molar-refractivity contribution in [2.45, 2.75) is 39.7 Å². The van der Waals surface area contributed by atoms with E-state index in [0.29, 0.717) is 11.5 Å². The summed E-state index contributed by atoms with van der Waals surface area (Å²) in [4.78, 5) is 20.4. The number of nitrogens with zero attached hydrogens (tertiary/aromatic N) is 2. The number of thiazole rings is 1. The summed E-state index contributed by atoms with van der Waals surface area (Å²) < 4.78 is 5.48. The van der Waals surface area contributed by atoms with Gasteiger partial charge < -0.3 is 15.0 Å². The Hall–Kier alpha value is -1.92. The van der Waals surface area contributed by atoms with Gasteiger partial charge in [0.25, 0.3) is 5.91 Å². The number of likely N-dealkylation sites (tertiary alicyclic amines) is 1. The molecular formula is C20H27N3O2S. The van der Waals surface area contributed by atoms with E-state index in [0.717, 1.165) is 54.5 Å². The monoisotopic (exact) mass is 373 g/mol. The molecule has 0 atom stereocenters. The van der Waals surface area contributed by atoms with Crippen molar-refractivity contribution in [2.75, 3.05) is 26.2 Å². The maximum absolute atomic E-state index is 12.7. The molecule has 2 heterocycles. The van der Waals surface area contributed by atoms with Gasteiger partial charge in [-0.15, -0.1) is 11.3 Å². The molecule has 0 spiro atoms. The van der Waals surface area contributed by atoms with E-state index in [2.05, 4.69) is 22.1 Å². The SMILES string of the molecule is CCOc1ccc(-c2nc(C)c(C(=O)NC3CCN(CC)CC3)s2)cc1. The zero-order valence-corrected chi connectivity index (χ0v) is 16.6. The molecule has 0 saturated carbocycles. The number of nitrogens with one attached hydrogen (secondary N) is 1. The zero-order chi connectivity index (χ0) is 18.5. The highest BCUT2D eigenvalue weighted by Crippen LogP contribution is 2.29. The number of hydrogen-bond donors (Lipinski definition) is 1. The molecule has 6 heteroatoms. The van der Waals surface area contributed by atoms with E-state index in [1.165, 1.54) is 11.3 Å². The summed E-state index contributed by atoms with van der Waals surface area (Å²) in [5.41, 5.74) is 1.80. The van der Waals surface area contributed by atoms with Gasteiger partial charge in [0.1, 0.15) is 15.6 Å². The third-order valence-electron chi connectivity index (χ3n) is 4.79. The van der Waals surface area contributed by atoms with Gasteiger partial charge in [0.05, 0.1) is 12.3 Å². The quantitative estimate of drug-likeness (QED) is 0.838. The van der Waals surface area contributed by atoms with Crippen LogP contribution in [0.4, 0.5) is 0 Å². The van der Waals surface area contributed by atoms with Gasteiger partial charge in [-0.3, -0.25) is 4.79 Å². The smallest absolute Gasteiger partial charge is 0.263 e. The first kappa shape index (κ1) is 18.9. The molecule has 0 radical (unpaired) electrons. The summed E-state index contributed by atoms with van der Waals surface area (Å²) in [6.07, 6.45) is 2.03. The number of hydrogen-bond acceptors (Lipinski definition) is 5. The van der Waals surface area contributed by atoms with Gasteiger partial charge in [0, 0.05) is 24.7 Å². The first-order valence-corrected chi connectivity index (χ1v) is 10.2. The fourth-order valence-electron chi connectivity index (χ4n) is 3.24. The lowest BCUT2D eigenvalue weighted by Crippen LogP contribution is -2.44. The molecular weight excluding hydrogens is 346 g/mol. The van der Waals surface area contributed by atoms with Crippen LogP contribution in [0.25, 0.3) is 10.6 Å². The lowest BCUT2D eigenvalue weighted by atomic mass is 10.1. The second-order valence-corrected chi connectivity index (χ2v) is 7.57. The second kappa shape index (κ2) is 8.64. The minimum atomic E-state index is 0.00661. The highest BCUT2D eigenvalue weighted by molar-refractivity contribution is 7.17. The van der Waals surface area contributed by atoms with Crippen LogP contribution in [0.5, 0.6) is 5.75 Å². The van der Waals surface area contributed by atoms with Crippen LogP contribution in [0.2, 0.25) is 0 Å². The van der Waals surface area contributed by atoms with Crippen LogP contribution < -0.4 is 10.1 Å². The van der Waals surface area contributed by atoms with Crippen molar-refractivity contribution < 1.29 is 9.53 Å². The lowest BCUT2D eigenvalue weighted by Gasteiger charge is -2.31. The molecule has 1 N–H and O–H groups in total. The molecule has 0 bridgehead atoms. The molecule has 1 aromatic heterocycles. The van der Waals surface area contributed by atoms with Crippen molar-refractivity contribution in [1.29, 1.82) is 0 Å². The van der Waals surface area contributed by atoms with Crippen molar-refractivity contribution in [3.63, 3.8) is 0 Å². The number of carbonyl (C=O) groups excluding carboxylic acids is 1. The van der Waals surface area contributed by atoms with Gasteiger partial charge in [0.2, 0.25) is 0 Å². The van der Waals surface area contributed by atoms with Crippen LogP contribution in [0.1, 0.15) is 42.1 Å². The van der Waals surface area contributed by atoms with Gasteiger partial charge in [-0.05, 0) is 57.5 Å². The van der Waals surface area contributed by atoms with E-state index < -0.39 is 0 Å². The normalized spacial score (nSPS) is 15.8. The number of amides is 1. The summed E-state index contributed by atoms with van der Waals surface area (Å²) in [6, 6.07) is 8.13. The number of benzene rings is 1. The van der Waals surface area contributed by atoms with Gasteiger partial charge in [-0.25, -0.2) is 4.98 Å². The first-order valence-electron chi connectivity index (χ1n) is 9.34. The Labute approximate surface area is 159 Å². The van der Waals surface area contributed by atoms with E-state index >= 15 is 0 Å². The van der Waals surface area contributed by atoms with Gasteiger partial charge in [-0.2, -0.15) is 0 Å². The minimum Gasteiger partial charge on any atom is -0.494 e. The summed E-state index contributed by atoms with van der Waals surface area (Å²) >= 11 is 1.46. The van der Waals surface area contributed by atoms with E-state index in [1.54, 1.807) is 0 Å². The average Bonchev–Trinajstić information content (AvgIpc) is 3.05. The maximum atomic E-state index is 12.7. The van der Waals surface area contributed by atoms with Gasteiger partial charge in [0.15, 0.2) is 0 Å². The van der Waals surface area contributed by atoms with Crippen molar-refractivity contribution in [2.24, 2.45) is 0 Å². The molecule has 1 aliphatic rings. The second-order valence-electron chi connectivity index (χ2n) is 6.57. The van der Waals surface area contributed by atoms with E-state index in [-0.39, 0.29) is 11.9 Å². The molecule has 1 aromatic carbocycles. The molecule has 0 unspecified atom stereocenters. The Kier molecular flexibility index (Phi) is 6.27. The first-order chi connectivity index (χ1) is 12.6. The highest BCUT2D eigenvalue weighted by atomic mass is 32.1. The van der Waals surface area contributed by atoms with Crippen LogP contribution in [0.15, 0.2) is 24.3 Å². The Bertz CT molecular complexity index is 734. The molecule has 140 valence electrons. The molecule has 1 amide bonds. The largest absolute Gasteiger partial charge is 0.494 e. The molecule has 26 heavy (non-hydrogen) atoms. The average molecular weight is 374 g/mol. The molecule has 0 aliphatic carbocycles. The Morgan fingerprint density at radius 2 is 1.96 bits per heavy atom. The van der Waals surface area contributed by atoms with Crippen LogP contribution in [0.3, 0.4) is 0 Å². The van der Waals surface area contributed by atoms with Crippen LogP contribution in [-0.4, -0.2) is 48.1 Å². The number of aromatic nitrogens is 1. The summed E-state index contributed by atoms with van der Waals surface area (Å²) in [7, 11) is 0.